The maximum Gasteiger partial charge on any atom is 0.264 e. The van der Waals surface area contributed by atoms with Gasteiger partial charge in [-0.05, 0) is 26.0 Å². The summed E-state index contributed by atoms with van der Waals surface area (Å²) in [5, 5.41) is 0. The minimum Gasteiger partial charge on any atom is -0.495 e. The second kappa shape index (κ2) is 6.96. The van der Waals surface area contributed by atoms with Crippen molar-refractivity contribution in [2.45, 2.75) is 13.8 Å². The molecule has 1 aromatic heterocycles. The largest absolute Gasteiger partial charge is 0.495 e. The molecule has 1 amide bonds. The van der Waals surface area contributed by atoms with Crippen molar-refractivity contribution in [3.05, 3.63) is 51.7 Å². The van der Waals surface area contributed by atoms with E-state index in [-0.39, 0.29) is 17.0 Å². The molecule has 0 unspecified atom stereocenters. The average molecular weight is 342 g/mol. The summed E-state index contributed by atoms with van der Waals surface area (Å²) < 4.78 is 5.41. The second-order valence-corrected chi connectivity index (χ2v) is 6.06. The van der Waals surface area contributed by atoms with Gasteiger partial charge < -0.3 is 19.5 Å². The fourth-order valence-corrected chi connectivity index (χ4v) is 3.18. The highest BCUT2D eigenvalue weighted by molar-refractivity contribution is 5.95. The van der Waals surface area contributed by atoms with E-state index < -0.39 is 0 Å². The molecule has 1 aromatic carbocycles. The van der Waals surface area contributed by atoms with Crippen LogP contribution in [0.15, 0.2) is 29.1 Å². The van der Waals surface area contributed by atoms with Gasteiger partial charge in [-0.3, -0.25) is 9.59 Å². The lowest BCUT2D eigenvalue weighted by Crippen LogP contribution is -2.50. The molecule has 0 saturated carbocycles. The van der Waals surface area contributed by atoms with Gasteiger partial charge in [-0.25, -0.2) is 4.98 Å². The van der Waals surface area contributed by atoms with Crippen molar-refractivity contribution < 1.29 is 9.53 Å². The quantitative estimate of drug-likeness (QED) is 0.911. The number of nitrogens with zero attached hydrogens (tertiary/aromatic N) is 3. The molecule has 0 atom stereocenters. The van der Waals surface area contributed by atoms with Gasteiger partial charge in [0.05, 0.1) is 18.5 Å². The summed E-state index contributed by atoms with van der Waals surface area (Å²) in [5.41, 5.74) is 1.25. The second-order valence-electron chi connectivity index (χ2n) is 6.06. The number of hydrogen-bond acceptors (Lipinski definition) is 5. The van der Waals surface area contributed by atoms with Crippen molar-refractivity contribution in [2.75, 3.05) is 38.2 Å². The zero-order valence-electron chi connectivity index (χ0n) is 14.7. The van der Waals surface area contributed by atoms with E-state index in [9.17, 15) is 9.59 Å². The Morgan fingerprint density at radius 1 is 1.16 bits per heavy atom. The number of aromatic amines is 1. The van der Waals surface area contributed by atoms with Crippen molar-refractivity contribution >= 4 is 11.6 Å². The number of amides is 1. The lowest BCUT2D eigenvalue weighted by atomic mass is 10.1. The van der Waals surface area contributed by atoms with Crippen LogP contribution in [0.4, 0.5) is 5.69 Å². The van der Waals surface area contributed by atoms with E-state index in [1.54, 1.807) is 25.9 Å². The van der Waals surface area contributed by atoms with Crippen molar-refractivity contribution in [3.8, 4) is 5.75 Å². The normalized spacial score (nSPS) is 14.5. The van der Waals surface area contributed by atoms with Crippen LogP contribution in [0.2, 0.25) is 0 Å². The molecule has 0 aliphatic carbocycles. The van der Waals surface area contributed by atoms with Crippen LogP contribution in [0.1, 0.15) is 21.9 Å². The summed E-state index contributed by atoms with van der Waals surface area (Å²) >= 11 is 0. The minimum atomic E-state index is -0.373. The number of rotatable bonds is 3. The van der Waals surface area contributed by atoms with Gasteiger partial charge in [-0.2, -0.15) is 0 Å². The average Bonchev–Trinajstić information content (AvgIpc) is 2.61. The first-order valence-corrected chi connectivity index (χ1v) is 8.26. The number of para-hydroxylation sites is 2. The number of nitrogens with one attached hydrogen (secondary N) is 1. The minimum absolute atomic E-state index is 0.136. The fourth-order valence-electron chi connectivity index (χ4n) is 3.18. The third-order valence-corrected chi connectivity index (χ3v) is 4.43. The van der Waals surface area contributed by atoms with Crippen molar-refractivity contribution in [3.63, 3.8) is 0 Å². The zero-order valence-corrected chi connectivity index (χ0v) is 14.7. The highest BCUT2D eigenvalue weighted by Crippen LogP contribution is 2.28. The number of H-pyrrole nitrogens is 1. The molecule has 7 heteroatoms. The van der Waals surface area contributed by atoms with E-state index in [0.717, 1.165) is 11.4 Å². The van der Waals surface area contributed by atoms with Crippen LogP contribution in [-0.2, 0) is 0 Å². The van der Waals surface area contributed by atoms with E-state index in [1.807, 2.05) is 24.3 Å². The Morgan fingerprint density at radius 2 is 1.84 bits per heavy atom. The number of benzene rings is 1. The first-order chi connectivity index (χ1) is 12.0. The Hall–Kier alpha value is -2.83. The highest BCUT2D eigenvalue weighted by atomic mass is 16.5. The number of hydrogen-bond donors (Lipinski definition) is 1. The molecule has 0 spiro atoms. The van der Waals surface area contributed by atoms with Gasteiger partial charge >= 0.3 is 0 Å². The van der Waals surface area contributed by atoms with Crippen LogP contribution in [-0.4, -0.2) is 54.1 Å². The molecule has 2 aromatic rings. The lowest BCUT2D eigenvalue weighted by Gasteiger charge is -2.36. The Labute approximate surface area is 146 Å². The number of carbonyl (C=O) groups is 1. The summed E-state index contributed by atoms with van der Waals surface area (Å²) in [6.45, 7) is 5.85. The molecule has 25 heavy (non-hydrogen) atoms. The predicted molar refractivity (Wildman–Crippen MR) is 95.4 cm³/mol. The van der Waals surface area contributed by atoms with Gasteiger partial charge in [-0.1, -0.05) is 12.1 Å². The van der Waals surface area contributed by atoms with Gasteiger partial charge in [0.1, 0.15) is 17.1 Å². The number of carbonyl (C=O) groups excluding carboxylic acids is 1. The van der Waals surface area contributed by atoms with Gasteiger partial charge in [-0.15, -0.1) is 0 Å². The van der Waals surface area contributed by atoms with Crippen LogP contribution in [0, 0.1) is 13.8 Å². The molecule has 0 bridgehead atoms. The van der Waals surface area contributed by atoms with Crippen LogP contribution in [0.5, 0.6) is 5.75 Å². The fraction of sp³-hybridized carbons (Fsp3) is 0.389. The molecule has 1 aliphatic rings. The molecular weight excluding hydrogens is 320 g/mol. The van der Waals surface area contributed by atoms with E-state index in [4.69, 9.17) is 4.74 Å². The lowest BCUT2D eigenvalue weighted by molar-refractivity contribution is 0.0743. The monoisotopic (exact) mass is 342 g/mol. The van der Waals surface area contributed by atoms with Gasteiger partial charge in [0.15, 0.2) is 0 Å². The number of methoxy groups -OCH3 is 1. The third kappa shape index (κ3) is 3.35. The number of ether oxygens (including phenoxy) is 1. The highest BCUT2D eigenvalue weighted by Gasteiger charge is 2.26. The molecule has 0 radical (unpaired) electrons. The topological polar surface area (TPSA) is 78.5 Å². The van der Waals surface area contributed by atoms with Gasteiger partial charge in [0.2, 0.25) is 0 Å². The standard InChI is InChI=1S/C18H22N4O3/c1-12-16(17(23)20-13(2)19-12)18(24)22-10-8-21(9-11-22)14-6-4-5-7-15(14)25-3/h4-7H,8-11H2,1-3H3,(H,19,20,23). The SMILES string of the molecule is COc1ccccc1N1CCN(C(=O)c2c(C)nc(C)[nH]c2=O)CC1. The Kier molecular flexibility index (Phi) is 4.74. The molecule has 1 aliphatic heterocycles. The third-order valence-electron chi connectivity index (χ3n) is 4.43. The van der Waals surface area contributed by atoms with Crippen molar-refractivity contribution in [1.82, 2.24) is 14.9 Å². The summed E-state index contributed by atoms with van der Waals surface area (Å²) in [7, 11) is 1.65. The van der Waals surface area contributed by atoms with Crippen LogP contribution < -0.4 is 15.2 Å². The molecule has 1 saturated heterocycles. The zero-order chi connectivity index (χ0) is 18.0. The molecule has 1 N–H and O–H groups in total. The number of anilines is 1. The first kappa shape index (κ1) is 17.0. The maximum atomic E-state index is 12.7. The number of aromatic nitrogens is 2. The molecular formula is C18H22N4O3. The summed E-state index contributed by atoms with van der Waals surface area (Å²) in [6, 6.07) is 7.83. The number of piperazine rings is 1. The smallest absolute Gasteiger partial charge is 0.264 e. The Bertz CT molecular complexity index is 838. The Morgan fingerprint density at radius 3 is 2.48 bits per heavy atom. The molecule has 132 valence electrons. The van der Waals surface area contributed by atoms with Gasteiger partial charge in [0, 0.05) is 26.2 Å². The van der Waals surface area contributed by atoms with Crippen LogP contribution >= 0.6 is 0 Å². The van der Waals surface area contributed by atoms with Gasteiger partial charge in [0.25, 0.3) is 11.5 Å². The summed E-state index contributed by atoms with van der Waals surface area (Å²) in [5.74, 6) is 1.07. The van der Waals surface area contributed by atoms with E-state index in [0.29, 0.717) is 37.7 Å². The van der Waals surface area contributed by atoms with Crippen LogP contribution in [0.25, 0.3) is 0 Å². The number of aryl methyl sites for hydroxylation is 2. The van der Waals surface area contributed by atoms with Crippen LogP contribution in [0.3, 0.4) is 0 Å². The predicted octanol–water partition coefficient (Wildman–Crippen LogP) is 1.36. The first-order valence-electron chi connectivity index (χ1n) is 8.26. The molecule has 1 fully saturated rings. The van der Waals surface area contributed by atoms with Crippen molar-refractivity contribution in [2.24, 2.45) is 0 Å². The maximum absolute atomic E-state index is 12.7. The van der Waals surface area contributed by atoms with E-state index >= 15 is 0 Å². The Balaban J connectivity index is 1.74. The summed E-state index contributed by atoms with van der Waals surface area (Å²) in [4.78, 5) is 35.6. The molecule has 3 rings (SSSR count). The summed E-state index contributed by atoms with van der Waals surface area (Å²) in [6.07, 6.45) is 0. The molecule has 2 heterocycles. The van der Waals surface area contributed by atoms with Crippen molar-refractivity contribution in [1.29, 1.82) is 0 Å². The van der Waals surface area contributed by atoms with E-state index in [2.05, 4.69) is 14.9 Å². The van der Waals surface area contributed by atoms with E-state index in [1.165, 1.54) is 0 Å². The molecule has 7 nitrogen and oxygen atoms in total.